The fraction of sp³-hybridized carbons (Fsp3) is 0.0714. The molecule has 0 unspecified atom stereocenters. The van der Waals surface area contributed by atoms with E-state index in [9.17, 15) is 0 Å². The molecule has 100 valence electrons. The predicted octanol–water partition coefficient (Wildman–Crippen LogP) is 3.68. The van der Waals surface area contributed by atoms with E-state index < -0.39 is 0 Å². The summed E-state index contributed by atoms with van der Waals surface area (Å²) in [6.07, 6.45) is 3.73. The topological polar surface area (TPSA) is 43.6 Å². The Labute approximate surface area is 125 Å². The number of halogens is 1. The van der Waals surface area contributed by atoms with Gasteiger partial charge in [0.25, 0.3) is 0 Å². The van der Waals surface area contributed by atoms with Gasteiger partial charge < -0.3 is 0 Å². The average molecular weight is 303 g/mol. The number of nitrogens with zero attached hydrogens (tertiary/aromatic N) is 4. The quantitative estimate of drug-likeness (QED) is 0.692. The molecule has 0 aliphatic heterocycles. The van der Waals surface area contributed by atoms with Crippen molar-refractivity contribution in [3.63, 3.8) is 0 Å². The van der Waals surface area contributed by atoms with Gasteiger partial charge in [-0.2, -0.15) is 5.10 Å². The first kappa shape index (κ1) is 13.1. The summed E-state index contributed by atoms with van der Waals surface area (Å²) in [4.78, 5) is 9.82. The van der Waals surface area contributed by atoms with E-state index in [1.165, 1.54) is 11.8 Å². The molecule has 3 rings (SSSR count). The third kappa shape index (κ3) is 3.00. The normalized spacial score (nSPS) is 10.7. The van der Waals surface area contributed by atoms with Crippen LogP contribution in [0.5, 0.6) is 0 Å². The number of hydrogen-bond acceptors (Lipinski definition) is 4. The lowest BCUT2D eigenvalue weighted by molar-refractivity contribution is 0.766. The van der Waals surface area contributed by atoms with Crippen LogP contribution in [0.4, 0.5) is 0 Å². The van der Waals surface area contributed by atoms with Crippen LogP contribution >= 0.6 is 23.4 Å². The molecule has 1 aromatic carbocycles. The van der Waals surface area contributed by atoms with Crippen LogP contribution in [-0.4, -0.2) is 19.7 Å². The summed E-state index contributed by atoms with van der Waals surface area (Å²) in [5.41, 5.74) is 0.947. The van der Waals surface area contributed by atoms with Crippen LogP contribution in [0.25, 0.3) is 11.4 Å². The number of aryl methyl sites for hydroxylation is 1. The van der Waals surface area contributed by atoms with Crippen LogP contribution in [0, 0.1) is 0 Å². The Kier molecular flexibility index (Phi) is 3.71. The van der Waals surface area contributed by atoms with Crippen molar-refractivity contribution in [1.29, 1.82) is 0 Å². The van der Waals surface area contributed by atoms with Gasteiger partial charge in [-0.05, 0) is 0 Å². The second-order valence-corrected chi connectivity index (χ2v) is 5.65. The van der Waals surface area contributed by atoms with Gasteiger partial charge in [-0.3, -0.25) is 4.68 Å². The Hall–Kier alpha value is -1.85. The molecule has 4 nitrogen and oxygen atoms in total. The van der Waals surface area contributed by atoms with Gasteiger partial charge in [-0.1, -0.05) is 53.7 Å². The van der Waals surface area contributed by atoms with E-state index in [0.29, 0.717) is 11.0 Å². The smallest absolute Gasteiger partial charge is 0.162 e. The Morgan fingerprint density at radius 3 is 2.65 bits per heavy atom. The van der Waals surface area contributed by atoms with Gasteiger partial charge in [-0.25, -0.2) is 9.97 Å². The maximum atomic E-state index is 6.09. The van der Waals surface area contributed by atoms with Gasteiger partial charge in [0, 0.05) is 24.9 Å². The molecule has 0 fully saturated rings. The molecule has 0 radical (unpaired) electrons. The van der Waals surface area contributed by atoms with Crippen molar-refractivity contribution in [2.75, 3.05) is 0 Å². The molecule has 2 aromatic heterocycles. The van der Waals surface area contributed by atoms with Crippen molar-refractivity contribution in [3.8, 4) is 11.4 Å². The fourth-order valence-electron chi connectivity index (χ4n) is 1.74. The molecule has 0 bridgehead atoms. The van der Waals surface area contributed by atoms with Gasteiger partial charge in [0.1, 0.15) is 10.2 Å². The Morgan fingerprint density at radius 2 is 1.95 bits per heavy atom. The first-order chi connectivity index (χ1) is 9.70. The lowest BCUT2D eigenvalue weighted by Crippen LogP contribution is -1.91. The summed E-state index contributed by atoms with van der Waals surface area (Å²) in [6, 6.07) is 11.5. The maximum Gasteiger partial charge on any atom is 0.162 e. The highest BCUT2D eigenvalue weighted by atomic mass is 35.5. The maximum absolute atomic E-state index is 6.09. The summed E-state index contributed by atoms with van der Waals surface area (Å²) < 4.78 is 1.75. The Bertz CT molecular complexity index is 727. The Balaban J connectivity index is 1.94. The standard InChI is InChI=1S/C14H11ClN4S/c1-19-9-11(8-16-19)20-13-7-12(15)17-14(18-13)10-5-3-2-4-6-10/h2-9H,1H3. The Morgan fingerprint density at radius 1 is 1.15 bits per heavy atom. The van der Waals surface area contributed by atoms with Gasteiger partial charge in [0.15, 0.2) is 5.82 Å². The van der Waals surface area contributed by atoms with Crippen molar-refractivity contribution >= 4 is 23.4 Å². The van der Waals surface area contributed by atoms with Crippen LogP contribution in [0.15, 0.2) is 58.7 Å². The summed E-state index contributed by atoms with van der Waals surface area (Å²) in [7, 11) is 1.88. The van der Waals surface area contributed by atoms with Crippen LogP contribution in [0.2, 0.25) is 5.15 Å². The van der Waals surface area contributed by atoms with E-state index in [1.807, 2.05) is 43.6 Å². The average Bonchev–Trinajstić information content (AvgIpc) is 2.84. The van der Waals surface area contributed by atoms with E-state index >= 15 is 0 Å². The van der Waals surface area contributed by atoms with Crippen molar-refractivity contribution in [3.05, 3.63) is 53.9 Å². The highest BCUT2D eigenvalue weighted by molar-refractivity contribution is 7.99. The molecule has 0 aliphatic carbocycles. The first-order valence-electron chi connectivity index (χ1n) is 5.97. The zero-order valence-corrected chi connectivity index (χ0v) is 12.3. The van der Waals surface area contributed by atoms with E-state index in [-0.39, 0.29) is 0 Å². The monoisotopic (exact) mass is 302 g/mol. The van der Waals surface area contributed by atoms with Crippen molar-refractivity contribution < 1.29 is 0 Å². The third-order valence-corrected chi connectivity index (χ3v) is 3.67. The highest BCUT2D eigenvalue weighted by Crippen LogP contribution is 2.28. The van der Waals surface area contributed by atoms with E-state index in [2.05, 4.69) is 15.1 Å². The molecule has 0 saturated carbocycles. The fourth-order valence-corrected chi connectivity index (χ4v) is 2.84. The third-order valence-electron chi connectivity index (χ3n) is 2.61. The van der Waals surface area contributed by atoms with E-state index in [0.717, 1.165) is 15.5 Å². The van der Waals surface area contributed by atoms with Crippen molar-refractivity contribution in [2.24, 2.45) is 7.05 Å². The van der Waals surface area contributed by atoms with Crippen LogP contribution in [-0.2, 0) is 7.05 Å². The molecular formula is C14H11ClN4S. The number of benzene rings is 1. The van der Waals surface area contributed by atoms with Crippen LogP contribution in [0.3, 0.4) is 0 Å². The molecule has 0 N–H and O–H groups in total. The molecule has 20 heavy (non-hydrogen) atoms. The SMILES string of the molecule is Cn1cc(Sc2cc(Cl)nc(-c3ccccc3)n2)cn1. The zero-order valence-electron chi connectivity index (χ0n) is 10.7. The van der Waals surface area contributed by atoms with Crippen molar-refractivity contribution in [1.82, 2.24) is 19.7 Å². The molecule has 0 spiro atoms. The molecule has 2 heterocycles. The molecule has 0 aliphatic rings. The first-order valence-corrected chi connectivity index (χ1v) is 7.17. The van der Waals surface area contributed by atoms with E-state index in [1.54, 1.807) is 16.9 Å². The van der Waals surface area contributed by atoms with Gasteiger partial charge in [-0.15, -0.1) is 0 Å². The largest absolute Gasteiger partial charge is 0.275 e. The number of aromatic nitrogens is 4. The molecule has 3 aromatic rings. The second kappa shape index (κ2) is 5.64. The lowest BCUT2D eigenvalue weighted by Gasteiger charge is -2.04. The molecule has 0 amide bonds. The lowest BCUT2D eigenvalue weighted by atomic mass is 10.2. The summed E-state index contributed by atoms with van der Waals surface area (Å²) in [6.45, 7) is 0. The number of hydrogen-bond donors (Lipinski definition) is 0. The number of rotatable bonds is 3. The minimum Gasteiger partial charge on any atom is -0.275 e. The van der Waals surface area contributed by atoms with Crippen LogP contribution in [0.1, 0.15) is 0 Å². The molecule has 6 heteroatoms. The molecular weight excluding hydrogens is 292 g/mol. The van der Waals surface area contributed by atoms with Gasteiger partial charge in [0.2, 0.25) is 0 Å². The molecule has 0 atom stereocenters. The summed E-state index contributed by atoms with van der Waals surface area (Å²) in [5.74, 6) is 0.629. The van der Waals surface area contributed by atoms with Crippen molar-refractivity contribution in [2.45, 2.75) is 9.92 Å². The minimum absolute atomic E-state index is 0.435. The predicted molar refractivity (Wildman–Crippen MR) is 79.8 cm³/mol. The highest BCUT2D eigenvalue weighted by Gasteiger charge is 2.08. The minimum atomic E-state index is 0.435. The second-order valence-electron chi connectivity index (χ2n) is 4.17. The zero-order chi connectivity index (χ0) is 13.9. The summed E-state index contributed by atoms with van der Waals surface area (Å²) >= 11 is 7.60. The van der Waals surface area contributed by atoms with Gasteiger partial charge in [0.05, 0.1) is 11.1 Å². The van der Waals surface area contributed by atoms with Crippen LogP contribution < -0.4 is 0 Å². The summed E-state index contributed by atoms with van der Waals surface area (Å²) in [5, 5.41) is 5.37. The van der Waals surface area contributed by atoms with Gasteiger partial charge >= 0.3 is 0 Å². The molecule has 0 saturated heterocycles. The van der Waals surface area contributed by atoms with E-state index in [4.69, 9.17) is 11.6 Å².